The summed E-state index contributed by atoms with van der Waals surface area (Å²) < 4.78 is 10.8. The van der Waals surface area contributed by atoms with Gasteiger partial charge in [-0.3, -0.25) is 0 Å². The van der Waals surface area contributed by atoms with Crippen molar-refractivity contribution in [3.63, 3.8) is 0 Å². The molecule has 3 heterocycles. The largest absolute Gasteiger partial charge is 0.493 e. The topological polar surface area (TPSA) is 65.2 Å². The van der Waals surface area contributed by atoms with Crippen LogP contribution in [0.15, 0.2) is 33.5 Å². The average molecular weight is 413 g/mol. The number of aryl methyl sites for hydroxylation is 1. The zero-order valence-corrected chi connectivity index (χ0v) is 17.0. The molecule has 0 saturated carbocycles. The number of aromatic nitrogens is 2. The molecule has 4 aromatic rings. The molecule has 142 valence electrons. The molecule has 5 nitrogen and oxygen atoms in total. The van der Waals surface area contributed by atoms with Crippen molar-refractivity contribution < 1.29 is 9.15 Å². The average Bonchev–Trinajstić information content (AvgIpc) is 3.04. The lowest BCUT2D eigenvalue weighted by Crippen LogP contribution is -2.09. The molecule has 28 heavy (non-hydrogen) atoms. The zero-order chi connectivity index (χ0) is 19.4. The number of thiophene rings is 1. The molecule has 1 aliphatic rings. The summed E-state index contributed by atoms with van der Waals surface area (Å²) in [7, 11) is 1.54. The summed E-state index contributed by atoms with van der Waals surface area (Å²) in [5.74, 6) is 1.47. The van der Waals surface area contributed by atoms with Gasteiger partial charge in [-0.1, -0.05) is 30.7 Å². The highest BCUT2D eigenvalue weighted by atomic mass is 35.5. The molecule has 0 saturated heterocycles. The van der Waals surface area contributed by atoms with E-state index in [0.29, 0.717) is 33.8 Å². The molecule has 0 unspecified atom stereocenters. The second kappa shape index (κ2) is 6.57. The summed E-state index contributed by atoms with van der Waals surface area (Å²) in [6.07, 6.45) is 3.18. The molecule has 1 aromatic carbocycles. The minimum Gasteiger partial charge on any atom is -0.493 e. The first-order valence-corrected chi connectivity index (χ1v) is 10.3. The van der Waals surface area contributed by atoms with Gasteiger partial charge in [0, 0.05) is 10.3 Å². The third-order valence-electron chi connectivity index (χ3n) is 5.30. The van der Waals surface area contributed by atoms with E-state index in [1.807, 2.05) is 12.1 Å². The van der Waals surface area contributed by atoms with Crippen LogP contribution in [0.2, 0.25) is 5.15 Å². The van der Waals surface area contributed by atoms with Crippen molar-refractivity contribution in [1.29, 1.82) is 0 Å². The smallest absolute Gasteiger partial charge is 0.347 e. The summed E-state index contributed by atoms with van der Waals surface area (Å²) in [6, 6.07) is 7.18. The van der Waals surface area contributed by atoms with E-state index in [4.69, 9.17) is 20.8 Å². The maximum absolute atomic E-state index is 12.6. The molecule has 1 aliphatic carbocycles. The van der Waals surface area contributed by atoms with Crippen LogP contribution in [0.25, 0.3) is 32.6 Å². The number of ether oxygens (including phenoxy) is 1. The maximum Gasteiger partial charge on any atom is 0.347 e. The van der Waals surface area contributed by atoms with E-state index in [1.54, 1.807) is 30.6 Å². The van der Waals surface area contributed by atoms with Gasteiger partial charge in [0.15, 0.2) is 17.2 Å². The first-order chi connectivity index (χ1) is 13.5. The van der Waals surface area contributed by atoms with E-state index in [0.717, 1.165) is 34.9 Å². The highest BCUT2D eigenvalue weighted by Crippen LogP contribution is 2.40. The number of hydrogen-bond donors (Lipinski definition) is 0. The fraction of sp³-hybridized carbons (Fsp3) is 0.286. The standard InChI is InChI=1S/C21H17ClN2O3S/c1-10-6-7-12-15(8-10)28-20-16(12)18(22)23-19(24-20)13-9-11-4-3-5-14(26-2)17(11)27-21(13)25/h3-5,9-10H,6-8H2,1-2H3/t10-/m0/s1. The second-order valence-corrected chi connectivity index (χ2v) is 8.64. The highest BCUT2D eigenvalue weighted by Gasteiger charge is 2.24. The van der Waals surface area contributed by atoms with Gasteiger partial charge in [0.25, 0.3) is 0 Å². The second-order valence-electron chi connectivity index (χ2n) is 7.20. The Bertz CT molecular complexity index is 1290. The Morgan fingerprint density at radius 1 is 1.32 bits per heavy atom. The molecule has 0 N–H and O–H groups in total. The van der Waals surface area contributed by atoms with Gasteiger partial charge in [0.2, 0.25) is 0 Å². The molecule has 0 bridgehead atoms. The van der Waals surface area contributed by atoms with Crippen LogP contribution in [0.1, 0.15) is 23.8 Å². The van der Waals surface area contributed by atoms with E-state index in [-0.39, 0.29) is 0 Å². The van der Waals surface area contributed by atoms with Gasteiger partial charge >= 0.3 is 5.63 Å². The van der Waals surface area contributed by atoms with Crippen LogP contribution < -0.4 is 10.4 Å². The van der Waals surface area contributed by atoms with E-state index in [2.05, 4.69) is 16.9 Å². The Morgan fingerprint density at radius 3 is 3.00 bits per heavy atom. The van der Waals surface area contributed by atoms with E-state index in [1.165, 1.54) is 10.4 Å². The van der Waals surface area contributed by atoms with Crippen molar-refractivity contribution in [2.75, 3.05) is 7.11 Å². The van der Waals surface area contributed by atoms with Gasteiger partial charge in [-0.25, -0.2) is 14.8 Å². The Morgan fingerprint density at radius 2 is 2.18 bits per heavy atom. The zero-order valence-electron chi connectivity index (χ0n) is 15.4. The molecule has 3 aromatic heterocycles. The van der Waals surface area contributed by atoms with Crippen LogP contribution in [0.4, 0.5) is 0 Å². The third kappa shape index (κ3) is 2.71. The predicted octanol–water partition coefficient (Wildman–Crippen LogP) is 5.25. The SMILES string of the molecule is COc1cccc2cc(-c3nc(Cl)c4c5c(sc4n3)C[C@@H](C)CC5)c(=O)oc12. The molecular weight excluding hydrogens is 396 g/mol. The van der Waals surface area contributed by atoms with Gasteiger partial charge < -0.3 is 9.15 Å². The number of benzene rings is 1. The lowest BCUT2D eigenvalue weighted by Gasteiger charge is -2.17. The van der Waals surface area contributed by atoms with Crippen molar-refractivity contribution in [3.8, 4) is 17.1 Å². The van der Waals surface area contributed by atoms with Gasteiger partial charge in [0.1, 0.15) is 15.5 Å². The number of halogens is 1. The number of hydrogen-bond acceptors (Lipinski definition) is 6. The summed E-state index contributed by atoms with van der Waals surface area (Å²) in [5, 5.41) is 2.08. The summed E-state index contributed by atoms with van der Waals surface area (Å²) >= 11 is 8.20. The van der Waals surface area contributed by atoms with E-state index < -0.39 is 5.63 Å². The van der Waals surface area contributed by atoms with Crippen molar-refractivity contribution in [2.24, 2.45) is 5.92 Å². The summed E-state index contributed by atoms with van der Waals surface area (Å²) in [4.78, 5) is 23.9. The van der Waals surface area contributed by atoms with E-state index in [9.17, 15) is 4.79 Å². The number of nitrogens with zero attached hydrogens (tertiary/aromatic N) is 2. The number of para-hydroxylation sites is 1. The Labute approximate surface area is 169 Å². The molecular formula is C21H17ClN2O3S. The third-order valence-corrected chi connectivity index (χ3v) is 6.72. The van der Waals surface area contributed by atoms with Crippen molar-refractivity contribution in [3.05, 3.63) is 50.3 Å². The number of rotatable bonds is 2. The minimum atomic E-state index is -0.512. The summed E-state index contributed by atoms with van der Waals surface area (Å²) in [6.45, 7) is 2.26. The fourth-order valence-corrected chi connectivity index (χ4v) is 5.58. The maximum atomic E-state index is 12.6. The van der Waals surface area contributed by atoms with Crippen molar-refractivity contribution >= 4 is 44.1 Å². The van der Waals surface area contributed by atoms with Crippen LogP contribution in [0.5, 0.6) is 5.75 Å². The van der Waals surface area contributed by atoms with Crippen molar-refractivity contribution in [2.45, 2.75) is 26.2 Å². The predicted molar refractivity (Wildman–Crippen MR) is 112 cm³/mol. The first kappa shape index (κ1) is 17.6. The van der Waals surface area contributed by atoms with Gasteiger partial charge in [-0.2, -0.15) is 0 Å². The molecule has 0 spiro atoms. The molecule has 5 rings (SSSR count). The van der Waals surface area contributed by atoms with Gasteiger partial charge in [-0.05, 0) is 42.9 Å². The number of methoxy groups -OCH3 is 1. The molecule has 0 radical (unpaired) electrons. The lowest BCUT2D eigenvalue weighted by atomic mass is 9.89. The van der Waals surface area contributed by atoms with E-state index >= 15 is 0 Å². The Hall–Kier alpha value is -2.44. The van der Waals surface area contributed by atoms with Crippen molar-refractivity contribution in [1.82, 2.24) is 9.97 Å². The minimum absolute atomic E-state index is 0.294. The molecule has 0 amide bonds. The Balaban J connectivity index is 1.71. The number of fused-ring (bicyclic) bond motifs is 4. The Kier molecular flexibility index (Phi) is 4.14. The molecule has 0 fully saturated rings. The van der Waals surface area contributed by atoms with Gasteiger partial charge in [-0.15, -0.1) is 11.3 Å². The lowest BCUT2D eigenvalue weighted by molar-refractivity contribution is 0.407. The monoisotopic (exact) mass is 412 g/mol. The van der Waals surface area contributed by atoms with Crippen LogP contribution in [0, 0.1) is 5.92 Å². The normalized spacial score (nSPS) is 16.5. The van der Waals surface area contributed by atoms with Gasteiger partial charge in [0.05, 0.1) is 12.5 Å². The summed E-state index contributed by atoms with van der Waals surface area (Å²) in [5.41, 5.74) is 1.46. The van der Waals surface area contributed by atoms with Crippen LogP contribution in [-0.2, 0) is 12.8 Å². The van der Waals surface area contributed by atoms with Crippen LogP contribution >= 0.6 is 22.9 Å². The quantitative estimate of drug-likeness (QED) is 0.332. The molecule has 0 aliphatic heterocycles. The molecule has 1 atom stereocenters. The van der Waals surface area contributed by atoms with Crippen LogP contribution in [0.3, 0.4) is 0 Å². The highest BCUT2D eigenvalue weighted by molar-refractivity contribution is 7.19. The fourth-order valence-electron chi connectivity index (χ4n) is 3.85. The van der Waals surface area contributed by atoms with Crippen LogP contribution in [-0.4, -0.2) is 17.1 Å². The first-order valence-electron chi connectivity index (χ1n) is 9.14. The molecule has 7 heteroatoms.